The van der Waals surface area contributed by atoms with Gasteiger partial charge in [0.25, 0.3) is 0 Å². The van der Waals surface area contributed by atoms with Crippen LogP contribution in [0.4, 0.5) is 0 Å². The molecule has 1 aromatic heterocycles. The Hall–Kier alpha value is -1.50. The predicted octanol–water partition coefficient (Wildman–Crippen LogP) is 5.06. The summed E-state index contributed by atoms with van der Waals surface area (Å²) in [6, 6.07) is 20.8. The minimum Gasteiger partial charge on any atom is -0.187 e. The highest BCUT2D eigenvalue weighted by Crippen LogP contribution is 2.39. The Morgan fingerprint density at radius 1 is 0.765 bits per heavy atom. The molecule has 0 radical (unpaired) electrons. The van der Waals surface area contributed by atoms with Gasteiger partial charge < -0.3 is 0 Å². The Labute approximate surface area is 106 Å². The van der Waals surface area contributed by atoms with Crippen LogP contribution in [0.2, 0.25) is 0 Å². The summed E-state index contributed by atoms with van der Waals surface area (Å²) in [4.78, 5) is 0. The van der Waals surface area contributed by atoms with Crippen LogP contribution in [0.25, 0.3) is 21.2 Å². The zero-order valence-electron chi connectivity index (χ0n) is 9.08. The third-order valence-electron chi connectivity index (χ3n) is 2.48. The fourth-order valence-corrected chi connectivity index (χ4v) is 3.73. The van der Waals surface area contributed by atoms with Gasteiger partial charge in [0.05, 0.1) is 4.61 Å². The molecular formula is C14H10NPS. The van der Waals surface area contributed by atoms with Crippen LogP contribution in [0.15, 0.2) is 60.7 Å². The van der Waals surface area contributed by atoms with E-state index >= 15 is 0 Å². The highest BCUT2D eigenvalue weighted by molar-refractivity contribution is 7.47. The van der Waals surface area contributed by atoms with E-state index in [9.17, 15) is 0 Å². The third kappa shape index (κ3) is 2.28. The minimum atomic E-state index is 1.15. The summed E-state index contributed by atoms with van der Waals surface area (Å²) in [5, 5.41) is 0. The number of aromatic nitrogens is 1. The minimum absolute atomic E-state index is 1.15. The van der Waals surface area contributed by atoms with Gasteiger partial charge in [-0.25, -0.2) is 0 Å². The van der Waals surface area contributed by atoms with E-state index in [1.54, 1.807) is 11.5 Å². The fourth-order valence-electron chi connectivity index (χ4n) is 1.63. The lowest BCUT2D eigenvalue weighted by Crippen LogP contribution is -1.70. The molecule has 0 spiro atoms. The molecule has 0 N–H and O–H groups in total. The van der Waals surface area contributed by atoms with Gasteiger partial charge in [0.2, 0.25) is 0 Å². The lowest BCUT2D eigenvalue weighted by atomic mass is 10.2. The normalized spacial score (nSPS) is 10.8. The summed E-state index contributed by atoms with van der Waals surface area (Å²) in [7, 11) is 1.21. The topological polar surface area (TPSA) is 12.9 Å². The van der Waals surface area contributed by atoms with Crippen molar-refractivity contribution in [2.75, 3.05) is 0 Å². The Bertz CT molecular complexity index is 550. The Morgan fingerprint density at radius 2 is 1.35 bits per heavy atom. The van der Waals surface area contributed by atoms with Crippen molar-refractivity contribution in [2.45, 2.75) is 0 Å². The van der Waals surface area contributed by atoms with E-state index in [2.05, 4.69) is 52.9 Å². The zero-order chi connectivity index (χ0) is 11.5. The molecule has 1 nitrogen and oxygen atoms in total. The van der Waals surface area contributed by atoms with Crippen LogP contribution in [0.1, 0.15) is 0 Å². The first kappa shape index (κ1) is 10.6. The quantitative estimate of drug-likeness (QED) is 0.624. The van der Waals surface area contributed by atoms with E-state index < -0.39 is 0 Å². The molecule has 0 bridgehead atoms. The molecule has 0 atom stereocenters. The van der Waals surface area contributed by atoms with Crippen LogP contribution in [-0.4, -0.2) is 4.37 Å². The van der Waals surface area contributed by atoms with Crippen molar-refractivity contribution in [2.24, 2.45) is 0 Å². The molecule has 1 heterocycles. The molecular weight excluding hydrogens is 245 g/mol. The summed E-state index contributed by atoms with van der Waals surface area (Å²) >= 11 is 1.59. The van der Waals surface area contributed by atoms with Gasteiger partial charge >= 0.3 is 0 Å². The standard InChI is InChI=1S/C14H10NPS/c1-3-7-11(8-4-1)13-15-17-14(16-13)12-9-5-2-6-10-12/h1-10H. The van der Waals surface area contributed by atoms with Gasteiger partial charge in [-0.2, -0.15) is 4.37 Å². The van der Waals surface area contributed by atoms with Crippen LogP contribution in [0.5, 0.6) is 0 Å². The molecule has 0 aliphatic carbocycles. The van der Waals surface area contributed by atoms with Crippen molar-refractivity contribution in [3.63, 3.8) is 0 Å². The van der Waals surface area contributed by atoms with E-state index in [0.29, 0.717) is 0 Å². The van der Waals surface area contributed by atoms with Crippen molar-refractivity contribution in [1.29, 1.82) is 0 Å². The molecule has 3 rings (SSSR count). The second-order valence-electron chi connectivity index (χ2n) is 3.66. The van der Waals surface area contributed by atoms with E-state index in [1.807, 2.05) is 12.1 Å². The fraction of sp³-hybridized carbons (Fsp3) is 0. The second kappa shape index (κ2) is 4.79. The summed E-state index contributed by atoms with van der Waals surface area (Å²) in [5.41, 5.74) is 3.64. The van der Waals surface area contributed by atoms with Crippen LogP contribution in [0.3, 0.4) is 0 Å². The maximum atomic E-state index is 4.55. The highest BCUT2D eigenvalue weighted by atomic mass is 32.1. The van der Waals surface area contributed by atoms with Crippen molar-refractivity contribution < 1.29 is 0 Å². The van der Waals surface area contributed by atoms with Gasteiger partial charge in [-0.05, 0) is 25.3 Å². The maximum Gasteiger partial charge on any atom is 0.111 e. The molecule has 82 valence electrons. The van der Waals surface area contributed by atoms with Gasteiger partial charge in [0, 0.05) is 5.56 Å². The number of hydrogen-bond acceptors (Lipinski definition) is 2. The Morgan fingerprint density at radius 3 is 2.00 bits per heavy atom. The first-order chi connectivity index (χ1) is 8.43. The van der Waals surface area contributed by atoms with Gasteiger partial charge in [-0.1, -0.05) is 60.7 Å². The van der Waals surface area contributed by atoms with E-state index in [0.717, 1.165) is 5.43 Å². The summed E-state index contributed by atoms with van der Waals surface area (Å²) in [5.74, 6) is 0. The average Bonchev–Trinajstić information content (AvgIpc) is 2.90. The molecule has 0 fully saturated rings. The van der Waals surface area contributed by atoms with Crippen LogP contribution in [0, 0.1) is 0 Å². The smallest absolute Gasteiger partial charge is 0.111 e. The van der Waals surface area contributed by atoms with E-state index in [1.165, 1.54) is 23.9 Å². The first-order valence-electron chi connectivity index (χ1n) is 5.38. The van der Waals surface area contributed by atoms with Crippen LogP contribution >= 0.6 is 19.7 Å². The third-order valence-corrected chi connectivity index (χ3v) is 4.85. The van der Waals surface area contributed by atoms with Crippen molar-refractivity contribution in [1.82, 2.24) is 4.37 Å². The average molecular weight is 255 g/mol. The van der Waals surface area contributed by atoms with Gasteiger partial charge in [0.1, 0.15) is 5.43 Å². The van der Waals surface area contributed by atoms with Crippen molar-refractivity contribution in [3.8, 4) is 21.2 Å². The van der Waals surface area contributed by atoms with E-state index in [4.69, 9.17) is 0 Å². The first-order valence-corrected chi connectivity index (χ1v) is 7.05. The lowest BCUT2D eigenvalue weighted by Gasteiger charge is -1.94. The highest BCUT2D eigenvalue weighted by Gasteiger charge is 2.06. The molecule has 17 heavy (non-hydrogen) atoms. The van der Waals surface area contributed by atoms with Crippen LogP contribution in [-0.2, 0) is 0 Å². The summed E-state index contributed by atoms with van der Waals surface area (Å²) in [6.45, 7) is 0. The van der Waals surface area contributed by atoms with Crippen molar-refractivity contribution in [3.05, 3.63) is 60.7 Å². The monoisotopic (exact) mass is 255 g/mol. The van der Waals surface area contributed by atoms with Gasteiger partial charge in [-0.3, -0.25) is 0 Å². The van der Waals surface area contributed by atoms with Gasteiger partial charge in [0.15, 0.2) is 0 Å². The number of benzene rings is 2. The second-order valence-corrected chi connectivity index (χ2v) is 5.83. The SMILES string of the molecule is c1ccc(-c2nsc(-c3ccccc3)p2)cc1. The van der Waals surface area contributed by atoms with Crippen LogP contribution < -0.4 is 0 Å². The lowest BCUT2D eigenvalue weighted by molar-refractivity contribution is 1.57. The summed E-state index contributed by atoms with van der Waals surface area (Å²) in [6.07, 6.45) is 0. The Balaban J connectivity index is 1.99. The molecule has 0 saturated heterocycles. The molecule has 3 aromatic rings. The zero-order valence-corrected chi connectivity index (χ0v) is 10.8. The largest absolute Gasteiger partial charge is 0.187 e. The molecule has 0 saturated carbocycles. The number of nitrogens with zero attached hydrogens (tertiary/aromatic N) is 1. The number of rotatable bonds is 2. The maximum absolute atomic E-state index is 4.55. The molecule has 3 heteroatoms. The van der Waals surface area contributed by atoms with E-state index in [-0.39, 0.29) is 0 Å². The molecule has 0 unspecified atom stereocenters. The number of hydrogen-bond donors (Lipinski definition) is 0. The molecule has 0 amide bonds. The Kier molecular flexibility index (Phi) is 3.00. The van der Waals surface area contributed by atoms with Crippen molar-refractivity contribution >= 4 is 19.7 Å². The van der Waals surface area contributed by atoms with Gasteiger partial charge in [-0.15, -0.1) is 0 Å². The predicted molar refractivity (Wildman–Crippen MR) is 75.5 cm³/mol. The molecule has 0 aliphatic rings. The molecule has 2 aromatic carbocycles. The summed E-state index contributed by atoms with van der Waals surface area (Å²) < 4.78 is 5.86. The molecule has 0 aliphatic heterocycles.